The third-order valence-electron chi connectivity index (χ3n) is 8.90. The number of amides is 4. The number of piperidine rings is 1. The smallest absolute Gasteiger partial charge is 0.410 e. The summed E-state index contributed by atoms with van der Waals surface area (Å²) in [5, 5.41) is 4.39. The average molecular weight is 619 g/mol. The molecule has 248 valence electrons. The first kappa shape index (κ1) is 35.3. The van der Waals surface area contributed by atoms with Crippen LogP contribution in [0, 0.1) is 12.3 Å². The molecule has 3 rings (SSSR count). The molecule has 0 radical (unpaired) electrons. The van der Waals surface area contributed by atoms with E-state index in [1.807, 2.05) is 34.6 Å². The fourth-order valence-electron chi connectivity index (χ4n) is 6.04. The highest BCUT2D eigenvalue weighted by Crippen LogP contribution is 2.37. The van der Waals surface area contributed by atoms with Crippen LogP contribution < -0.4 is 0 Å². The molecule has 1 atom stereocenters. The lowest BCUT2D eigenvalue weighted by molar-refractivity contribution is -0.147. The normalized spacial score (nSPS) is 20.6. The number of nitrogens with zero attached hydrogens (tertiary/aromatic N) is 6. The Kier molecular flexibility index (Phi) is 12.2. The molecular weight excluding hydrogens is 564 g/mol. The van der Waals surface area contributed by atoms with E-state index in [1.165, 1.54) is 4.90 Å². The molecule has 0 unspecified atom stereocenters. The Bertz CT molecular complexity index is 1150. The molecule has 2 fully saturated rings. The van der Waals surface area contributed by atoms with Crippen molar-refractivity contribution in [3.63, 3.8) is 0 Å². The SMILES string of the molecule is CCn1nc(C(=O)N(C)CCC[C@H]2C(=O)N(C)CCCCC3(CCN(C(=O)OC(C)(C)C)CC3)COCC(=O)N2C)cc1C. The third kappa shape index (κ3) is 9.42. The molecule has 0 N–H and O–H groups in total. The standard InChI is InChI=1S/C32H54N6O6/c1-9-38-24(2)21-25(33-38)28(40)34(6)18-12-13-26-29(41)35(7)17-11-10-14-32(23-43-22-27(39)36(26)8)15-19-37(20-16-32)30(42)44-31(3,4)5/h21,26H,9-20,22-23H2,1-8H3/t26-/m0/s1. The number of likely N-dealkylation sites (tertiary alicyclic amines) is 1. The van der Waals surface area contributed by atoms with Crippen LogP contribution in [-0.2, 0) is 25.6 Å². The summed E-state index contributed by atoms with van der Waals surface area (Å²) >= 11 is 0. The molecule has 0 aromatic carbocycles. The molecule has 0 aliphatic carbocycles. The summed E-state index contributed by atoms with van der Waals surface area (Å²) in [4.78, 5) is 59.0. The van der Waals surface area contributed by atoms with Crippen molar-refractivity contribution in [2.75, 3.05) is 60.5 Å². The van der Waals surface area contributed by atoms with Gasteiger partial charge >= 0.3 is 6.09 Å². The van der Waals surface area contributed by atoms with E-state index in [9.17, 15) is 19.2 Å². The predicted octanol–water partition coefficient (Wildman–Crippen LogP) is 3.57. The minimum atomic E-state index is -0.645. The van der Waals surface area contributed by atoms with Crippen molar-refractivity contribution in [1.29, 1.82) is 0 Å². The van der Waals surface area contributed by atoms with E-state index in [1.54, 1.807) is 46.6 Å². The largest absolute Gasteiger partial charge is 0.444 e. The molecule has 12 nitrogen and oxygen atoms in total. The van der Waals surface area contributed by atoms with E-state index in [4.69, 9.17) is 9.47 Å². The first-order chi connectivity index (χ1) is 20.7. The molecule has 2 aliphatic heterocycles. The van der Waals surface area contributed by atoms with Crippen LogP contribution in [0.2, 0.25) is 0 Å². The second-order valence-electron chi connectivity index (χ2n) is 13.6. The molecule has 1 aromatic rings. The molecular formula is C32H54N6O6. The van der Waals surface area contributed by atoms with Crippen LogP contribution in [0.25, 0.3) is 0 Å². The van der Waals surface area contributed by atoms with Crippen LogP contribution in [0.1, 0.15) is 88.8 Å². The highest BCUT2D eigenvalue weighted by atomic mass is 16.6. The maximum atomic E-state index is 13.6. The number of ether oxygens (including phenoxy) is 2. The number of carbonyl (C=O) groups is 4. The Labute approximate surface area is 263 Å². The molecule has 2 saturated heterocycles. The molecule has 2 aliphatic rings. The van der Waals surface area contributed by atoms with Gasteiger partial charge in [-0.05, 0) is 84.6 Å². The molecule has 1 aromatic heterocycles. The van der Waals surface area contributed by atoms with Gasteiger partial charge in [0.2, 0.25) is 11.8 Å². The summed E-state index contributed by atoms with van der Waals surface area (Å²) in [5.41, 5.74) is 0.667. The van der Waals surface area contributed by atoms with E-state index >= 15 is 0 Å². The number of hydrogen-bond donors (Lipinski definition) is 0. The van der Waals surface area contributed by atoms with Gasteiger partial charge in [0, 0.05) is 59.6 Å². The molecule has 12 heteroatoms. The van der Waals surface area contributed by atoms with Gasteiger partial charge < -0.3 is 29.1 Å². The van der Waals surface area contributed by atoms with E-state index in [0.29, 0.717) is 57.9 Å². The van der Waals surface area contributed by atoms with Crippen molar-refractivity contribution in [2.24, 2.45) is 5.41 Å². The van der Waals surface area contributed by atoms with Gasteiger partial charge in [-0.3, -0.25) is 19.1 Å². The highest BCUT2D eigenvalue weighted by Gasteiger charge is 2.38. The Morgan fingerprint density at radius 3 is 2.41 bits per heavy atom. The summed E-state index contributed by atoms with van der Waals surface area (Å²) in [5.74, 6) is -0.517. The van der Waals surface area contributed by atoms with Gasteiger partial charge in [-0.15, -0.1) is 0 Å². The maximum absolute atomic E-state index is 13.6. The lowest BCUT2D eigenvalue weighted by Crippen LogP contribution is -2.50. The van der Waals surface area contributed by atoms with Crippen molar-refractivity contribution < 1.29 is 28.7 Å². The monoisotopic (exact) mass is 618 g/mol. The van der Waals surface area contributed by atoms with E-state index in [2.05, 4.69) is 5.10 Å². The molecule has 4 amide bonds. The van der Waals surface area contributed by atoms with Crippen LogP contribution in [0.15, 0.2) is 6.07 Å². The zero-order valence-electron chi connectivity index (χ0n) is 28.2. The minimum absolute atomic E-state index is 0.105. The summed E-state index contributed by atoms with van der Waals surface area (Å²) in [6.45, 7) is 12.7. The first-order valence-electron chi connectivity index (χ1n) is 16.0. The van der Waals surface area contributed by atoms with Gasteiger partial charge in [-0.25, -0.2) is 4.79 Å². The molecule has 3 heterocycles. The summed E-state index contributed by atoms with van der Waals surface area (Å²) in [7, 11) is 5.18. The van der Waals surface area contributed by atoms with Gasteiger partial charge in [0.05, 0.1) is 6.61 Å². The Morgan fingerprint density at radius 2 is 1.80 bits per heavy atom. The zero-order chi connectivity index (χ0) is 32.7. The van der Waals surface area contributed by atoms with Gasteiger partial charge in [-0.1, -0.05) is 6.42 Å². The fourth-order valence-corrected chi connectivity index (χ4v) is 6.04. The molecule has 0 bridgehead atoms. The number of hydrogen-bond acceptors (Lipinski definition) is 7. The summed E-state index contributed by atoms with van der Waals surface area (Å²) in [6.07, 6.45) is 4.90. The number of rotatable bonds is 6. The van der Waals surface area contributed by atoms with Gasteiger partial charge in [0.25, 0.3) is 5.91 Å². The predicted molar refractivity (Wildman–Crippen MR) is 167 cm³/mol. The third-order valence-corrected chi connectivity index (χ3v) is 8.90. The minimum Gasteiger partial charge on any atom is -0.444 e. The summed E-state index contributed by atoms with van der Waals surface area (Å²) in [6, 6.07) is 1.14. The van der Waals surface area contributed by atoms with Crippen LogP contribution in [0.5, 0.6) is 0 Å². The number of aryl methyl sites for hydroxylation is 2. The lowest BCUT2D eigenvalue weighted by Gasteiger charge is -2.42. The second-order valence-corrected chi connectivity index (χ2v) is 13.6. The van der Waals surface area contributed by atoms with Crippen LogP contribution in [0.4, 0.5) is 4.79 Å². The van der Waals surface area contributed by atoms with Gasteiger partial charge in [0.1, 0.15) is 18.2 Å². The lowest BCUT2D eigenvalue weighted by atomic mass is 9.75. The van der Waals surface area contributed by atoms with E-state index < -0.39 is 11.6 Å². The quantitative estimate of drug-likeness (QED) is 0.479. The van der Waals surface area contributed by atoms with Crippen molar-refractivity contribution in [2.45, 2.75) is 97.8 Å². The van der Waals surface area contributed by atoms with E-state index in [-0.39, 0.29) is 35.8 Å². The fraction of sp³-hybridized carbons (Fsp3) is 0.781. The number of carbonyl (C=O) groups excluding carboxylic acids is 4. The van der Waals surface area contributed by atoms with Crippen molar-refractivity contribution in [3.8, 4) is 0 Å². The van der Waals surface area contributed by atoms with Crippen LogP contribution in [-0.4, -0.2) is 125 Å². The number of likely N-dealkylation sites (N-methyl/N-ethyl adjacent to an activating group) is 2. The molecule has 1 spiro atoms. The zero-order valence-corrected chi connectivity index (χ0v) is 28.2. The second kappa shape index (κ2) is 15.2. The Morgan fingerprint density at radius 1 is 1.11 bits per heavy atom. The maximum Gasteiger partial charge on any atom is 0.410 e. The Balaban J connectivity index is 1.60. The summed E-state index contributed by atoms with van der Waals surface area (Å²) < 4.78 is 13.4. The van der Waals surface area contributed by atoms with Crippen LogP contribution in [0.3, 0.4) is 0 Å². The van der Waals surface area contributed by atoms with Gasteiger partial charge in [0.15, 0.2) is 5.69 Å². The Hall–Kier alpha value is -3.15. The highest BCUT2D eigenvalue weighted by molar-refractivity contribution is 5.92. The average Bonchev–Trinajstić information content (AvgIpc) is 3.35. The van der Waals surface area contributed by atoms with Gasteiger partial charge in [-0.2, -0.15) is 5.10 Å². The van der Waals surface area contributed by atoms with Crippen molar-refractivity contribution >= 4 is 23.8 Å². The van der Waals surface area contributed by atoms with E-state index in [0.717, 1.165) is 37.8 Å². The topological polar surface area (TPSA) is 118 Å². The molecule has 44 heavy (non-hydrogen) atoms. The molecule has 0 saturated carbocycles. The van der Waals surface area contributed by atoms with Crippen molar-refractivity contribution in [1.82, 2.24) is 29.4 Å². The van der Waals surface area contributed by atoms with Crippen LogP contribution >= 0.6 is 0 Å². The number of aromatic nitrogens is 2. The van der Waals surface area contributed by atoms with Crippen molar-refractivity contribution in [3.05, 3.63) is 17.5 Å². The first-order valence-corrected chi connectivity index (χ1v) is 16.0.